The van der Waals surface area contributed by atoms with E-state index in [1.807, 2.05) is 13.8 Å². The van der Waals surface area contributed by atoms with E-state index in [1.54, 1.807) is 30.8 Å². The van der Waals surface area contributed by atoms with E-state index in [4.69, 9.17) is 0 Å². The first-order valence-electron chi connectivity index (χ1n) is 3.60. The third-order valence-electron chi connectivity index (χ3n) is 0.845. The number of rotatable bonds is 4. The molecule has 0 saturated carbocycles. The van der Waals surface area contributed by atoms with Gasteiger partial charge in [-0.15, -0.1) is 0 Å². The van der Waals surface area contributed by atoms with Gasteiger partial charge in [-0.3, -0.25) is 9.98 Å². The van der Waals surface area contributed by atoms with Crippen LogP contribution in [-0.4, -0.2) is 18.5 Å². The number of hydrogen-bond acceptors (Lipinski definition) is 2. The SMILES string of the molecule is C=C/C=C/N=C\C=N/C(C)C. The van der Waals surface area contributed by atoms with E-state index in [1.165, 1.54) is 0 Å². The van der Waals surface area contributed by atoms with Crippen molar-refractivity contribution in [1.29, 1.82) is 0 Å². The van der Waals surface area contributed by atoms with E-state index in [0.717, 1.165) is 0 Å². The van der Waals surface area contributed by atoms with Gasteiger partial charge in [0.15, 0.2) is 0 Å². The maximum absolute atomic E-state index is 4.09. The number of allylic oxidation sites excluding steroid dienone is 2. The van der Waals surface area contributed by atoms with Gasteiger partial charge in [0.25, 0.3) is 0 Å². The van der Waals surface area contributed by atoms with Crippen molar-refractivity contribution in [2.75, 3.05) is 0 Å². The third-order valence-corrected chi connectivity index (χ3v) is 0.845. The maximum atomic E-state index is 4.09. The summed E-state index contributed by atoms with van der Waals surface area (Å²) in [5, 5.41) is 0. The Morgan fingerprint density at radius 3 is 2.55 bits per heavy atom. The lowest BCUT2D eigenvalue weighted by molar-refractivity contribution is 0.843. The molecule has 60 valence electrons. The molecule has 0 spiro atoms. The molecular formula is C9H14N2. The zero-order valence-corrected chi connectivity index (χ0v) is 7.07. The summed E-state index contributed by atoms with van der Waals surface area (Å²) < 4.78 is 0. The summed E-state index contributed by atoms with van der Waals surface area (Å²) in [5.74, 6) is 0. The van der Waals surface area contributed by atoms with Gasteiger partial charge < -0.3 is 0 Å². The number of hydrogen-bond donors (Lipinski definition) is 0. The van der Waals surface area contributed by atoms with Crippen LogP contribution in [0.25, 0.3) is 0 Å². The molecule has 0 aromatic carbocycles. The molecule has 0 atom stereocenters. The van der Waals surface area contributed by atoms with Crippen molar-refractivity contribution in [3.63, 3.8) is 0 Å². The number of aliphatic imine (C=N–C) groups is 2. The quantitative estimate of drug-likeness (QED) is 0.433. The Morgan fingerprint density at radius 1 is 1.27 bits per heavy atom. The molecule has 0 aliphatic rings. The fraction of sp³-hybridized carbons (Fsp3) is 0.333. The smallest absolute Gasteiger partial charge is 0.0446 e. The van der Waals surface area contributed by atoms with Crippen LogP contribution in [0.1, 0.15) is 13.8 Å². The van der Waals surface area contributed by atoms with Crippen molar-refractivity contribution in [3.05, 3.63) is 24.9 Å². The molecule has 2 nitrogen and oxygen atoms in total. The van der Waals surface area contributed by atoms with E-state index < -0.39 is 0 Å². The monoisotopic (exact) mass is 150 g/mol. The first kappa shape index (κ1) is 9.82. The molecule has 0 aromatic rings. The third kappa shape index (κ3) is 8.82. The molecule has 0 bridgehead atoms. The molecule has 0 fully saturated rings. The molecular weight excluding hydrogens is 136 g/mol. The Morgan fingerprint density at radius 2 is 2.00 bits per heavy atom. The van der Waals surface area contributed by atoms with Crippen molar-refractivity contribution < 1.29 is 0 Å². The number of nitrogens with zero attached hydrogens (tertiary/aromatic N) is 2. The second-order valence-electron chi connectivity index (χ2n) is 2.27. The highest BCUT2D eigenvalue weighted by Crippen LogP contribution is 1.81. The minimum Gasteiger partial charge on any atom is -0.289 e. The fourth-order valence-corrected chi connectivity index (χ4v) is 0.409. The Kier molecular flexibility index (Phi) is 6.19. The van der Waals surface area contributed by atoms with Crippen LogP contribution in [0.2, 0.25) is 0 Å². The lowest BCUT2D eigenvalue weighted by Gasteiger charge is -1.88. The highest BCUT2D eigenvalue weighted by molar-refractivity contribution is 6.16. The van der Waals surface area contributed by atoms with E-state index >= 15 is 0 Å². The fourth-order valence-electron chi connectivity index (χ4n) is 0.409. The van der Waals surface area contributed by atoms with Gasteiger partial charge in [-0.2, -0.15) is 0 Å². The van der Waals surface area contributed by atoms with Crippen molar-refractivity contribution >= 4 is 12.4 Å². The summed E-state index contributed by atoms with van der Waals surface area (Å²) in [6.45, 7) is 7.55. The van der Waals surface area contributed by atoms with Gasteiger partial charge in [-0.25, -0.2) is 0 Å². The van der Waals surface area contributed by atoms with E-state index in [-0.39, 0.29) is 0 Å². The molecule has 11 heavy (non-hydrogen) atoms. The summed E-state index contributed by atoms with van der Waals surface area (Å²) in [6.07, 6.45) is 8.45. The summed E-state index contributed by atoms with van der Waals surface area (Å²) in [5.41, 5.74) is 0. The Balaban J connectivity index is 3.59. The largest absolute Gasteiger partial charge is 0.289 e. The van der Waals surface area contributed by atoms with Crippen LogP contribution in [0, 0.1) is 0 Å². The summed E-state index contributed by atoms with van der Waals surface area (Å²) in [7, 11) is 0. The first-order chi connectivity index (χ1) is 5.27. The highest BCUT2D eigenvalue weighted by Gasteiger charge is 1.78. The zero-order chi connectivity index (χ0) is 8.53. The van der Waals surface area contributed by atoms with Gasteiger partial charge in [0.05, 0.1) is 0 Å². The van der Waals surface area contributed by atoms with Gasteiger partial charge >= 0.3 is 0 Å². The van der Waals surface area contributed by atoms with Gasteiger partial charge in [0.2, 0.25) is 0 Å². The van der Waals surface area contributed by atoms with Crippen LogP contribution in [-0.2, 0) is 0 Å². The van der Waals surface area contributed by atoms with Crippen LogP contribution in [0.5, 0.6) is 0 Å². The predicted octanol–water partition coefficient (Wildman–Crippen LogP) is 2.24. The first-order valence-corrected chi connectivity index (χ1v) is 3.60. The minimum atomic E-state index is 0.338. The normalized spacial score (nSPS) is 12.6. The van der Waals surface area contributed by atoms with E-state index in [9.17, 15) is 0 Å². The molecule has 0 aromatic heterocycles. The lowest BCUT2D eigenvalue weighted by Crippen LogP contribution is -1.88. The predicted molar refractivity (Wildman–Crippen MR) is 51.5 cm³/mol. The minimum absolute atomic E-state index is 0.338. The van der Waals surface area contributed by atoms with Crippen molar-refractivity contribution in [3.8, 4) is 0 Å². The Bertz CT molecular complexity index is 176. The van der Waals surface area contributed by atoms with Gasteiger partial charge in [-0.05, 0) is 19.9 Å². The van der Waals surface area contributed by atoms with Crippen molar-refractivity contribution in [1.82, 2.24) is 0 Å². The highest BCUT2D eigenvalue weighted by atomic mass is 14.8. The van der Waals surface area contributed by atoms with Crippen LogP contribution >= 0.6 is 0 Å². The standard InChI is InChI=1S/C9H14N2/c1-4-5-6-10-7-8-11-9(2)3/h4-9H,1H2,2-3H3/b6-5+,10-7-,11-8-. The molecule has 0 aliphatic heterocycles. The Hall–Kier alpha value is -1.18. The lowest BCUT2D eigenvalue weighted by atomic mass is 10.4. The second kappa shape index (κ2) is 6.93. The average Bonchev–Trinajstić information content (AvgIpc) is 1.96. The van der Waals surface area contributed by atoms with Crippen molar-refractivity contribution in [2.45, 2.75) is 19.9 Å². The zero-order valence-electron chi connectivity index (χ0n) is 7.07. The van der Waals surface area contributed by atoms with Crippen LogP contribution in [0.3, 0.4) is 0 Å². The molecule has 0 radical (unpaired) electrons. The molecule has 0 amide bonds. The maximum Gasteiger partial charge on any atom is 0.0446 e. The van der Waals surface area contributed by atoms with Gasteiger partial charge in [-0.1, -0.05) is 12.7 Å². The average molecular weight is 150 g/mol. The molecule has 0 heterocycles. The van der Waals surface area contributed by atoms with Gasteiger partial charge in [0, 0.05) is 24.7 Å². The Labute approximate surface area is 68.1 Å². The topological polar surface area (TPSA) is 24.7 Å². The molecule has 0 aliphatic carbocycles. The molecule has 0 N–H and O–H groups in total. The van der Waals surface area contributed by atoms with E-state index in [0.29, 0.717) is 6.04 Å². The molecule has 0 saturated heterocycles. The van der Waals surface area contributed by atoms with Gasteiger partial charge in [0.1, 0.15) is 0 Å². The molecule has 2 heteroatoms. The van der Waals surface area contributed by atoms with E-state index in [2.05, 4.69) is 16.6 Å². The molecule has 0 unspecified atom stereocenters. The van der Waals surface area contributed by atoms with Crippen LogP contribution in [0.4, 0.5) is 0 Å². The van der Waals surface area contributed by atoms with Crippen LogP contribution in [0.15, 0.2) is 34.9 Å². The molecule has 0 rings (SSSR count). The summed E-state index contributed by atoms with van der Waals surface area (Å²) >= 11 is 0. The second-order valence-corrected chi connectivity index (χ2v) is 2.27. The van der Waals surface area contributed by atoms with Crippen molar-refractivity contribution in [2.24, 2.45) is 9.98 Å². The van der Waals surface area contributed by atoms with Crippen LogP contribution < -0.4 is 0 Å². The summed E-state index contributed by atoms with van der Waals surface area (Å²) in [6, 6.07) is 0.338. The summed E-state index contributed by atoms with van der Waals surface area (Å²) in [4.78, 5) is 8.00.